The second kappa shape index (κ2) is 8.28. The van der Waals surface area contributed by atoms with Crippen molar-refractivity contribution >= 4 is 0 Å². The van der Waals surface area contributed by atoms with Gasteiger partial charge in [0, 0.05) is 12.8 Å². The average molecular weight is 450 g/mol. The van der Waals surface area contributed by atoms with Gasteiger partial charge in [0.2, 0.25) is 0 Å². The molecule has 0 unspecified atom stereocenters. The Morgan fingerprint density at radius 2 is 1.97 bits per heavy atom. The number of nitrogens with two attached hydrogens (primary N) is 1. The number of hydrogen-bond donors (Lipinski definition) is 2. The summed E-state index contributed by atoms with van der Waals surface area (Å²) in [6, 6.07) is 8.02. The van der Waals surface area contributed by atoms with E-state index in [4.69, 9.17) is 15.6 Å². The van der Waals surface area contributed by atoms with Crippen molar-refractivity contribution in [1.82, 2.24) is 9.78 Å². The number of aromatic nitrogens is 2. The van der Waals surface area contributed by atoms with Crippen LogP contribution in [0.25, 0.3) is 5.69 Å². The first-order valence-corrected chi connectivity index (χ1v) is 12.5. The molecule has 3 aliphatic rings. The van der Waals surface area contributed by atoms with Gasteiger partial charge in [0.1, 0.15) is 5.75 Å². The maximum atomic E-state index is 10.5. The molecule has 0 radical (unpaired) electrons. The Morgan fingerprint density at radius 3 is 2.64 bits per heavy atom. The van der Waals surface area contributed by atoms with Gasteiger partial charge in [-0.15, -0.1) is 0 Å². The van der Waals surface area contributed by atoms with E-state index in [1.165, 1.54) is 30.4 Å². The third kappa shape index (κ3) is 3.47. The van der Waals surface area contributed by atoms with Gasteiger partial charge in [0.15, 0.2) is 0 Å². The highest BCUT2D eigenvalue weighted by atomic mass is 16.5. The van der Waals surface area contributed by atoms with Crippen LogP contribution in [0.5, 0.6) is 5.75 Å². The zero-order valence-corrected chi connectivity index (χ0v) is 20.4. The van der Waals surface area contributed by atoms with Crippen molar-refractivity contribution < 1.29 is 9.84 Å². The summed E-state index contributed by atoms with van der Waals surface area (Å²) in [7, 11) is 1.68. The highest BCUT2D eigenvalue weighted by Gasteiger charge is 2.56. The lowest BCUT2D eigenvalue weighted by Crippen LogP contribution is -2.53. The van der Waals surface area contributed by atoms with E-state index >= 15 is 0 Å². The van der Waals surface area contributed by atoms with Gasteiger partial charge in [-0.2, -0.15) is 5.10 Å². The molecule has 2 aromatic rings. The number of rotatable bonds is 5. The molecule has 1 aromatic carbocycles. The molecule has 0 saturated heterocycles. The van der Waals surface area contributed by atoms with Gasteiger partial charge in [0.05, 0.1) is 18.5 Å². The molecule has 0 spiro atoms. The number of nitrogens with zero attached hydrogens (tertiary/aromatic N) is 2. The maximum absolute atomic E-state index is 10.5. The average Bonchev–Trinajstić information content (AvgIpc) is 3.37. The minimum atomic E-state index is 0.0187. The van der Waals surface area contributed by atoms with Crippen LogP contribution < -0.4 is 10.5 Å². The van der Waals surface area contributed by atoms with Gasteiger partial charge in [-0.05, 0) is 109 Å². The van der Waals surface area contributed by atoms with E-state index < -0.39 is 0 Å². The van der Waals surface area contributed by atoms with Crippen LogP contribution in [0.1, 0.15) is 50.8 Å². The SMILES string of the molecule is C=C1CC[C@H]2[C@H](CN)[C@@H]([C@@]3(C)Cc4cn(-c5ccc(OC)cc5)nc4C[C@@H]3CO)CC[C@]12C. The molecule has 33 heavy (non-hydrogen) atoms. The number of allylic oxidation sites excluding steroid dienone is 1. The van der Waals surface area contributed by atoms with E-state index in [9.17, 15) is 5.11 Å². The third-order valence-corrected chi connectivity index (χ3v) is 9.89. The largest absolute Gasteiger partial charge is 0.497 e. The number of benzene rings is 1. The first-order chi connectivity index (χ1) is 15.8. The smallest absolute Gasteiger partial charge is 0.119 e. The Morgan fingerprint density at radius 1 is 1.21 bits per heavy atom. The van der Waals surface area contributed by atoms with E-state index in [0.717, 1.165) is 42.9 Å². The summed E-state index contributed by atoms with van der Waals surface area (Å²) in [5, 5.41) is 15.4. The van der Waals surface area contributed by atoms with Crippen LogP contribution in [0.15, 0.2) is 42.6 Å². The first kappa shape index (κ1) is 22.7. The predicted octanol–water partition coefficient (Wildman–Crippen LogP) is 4.55. The van der Waals surface area contributed by atoms with E-state index in [-0.39, 0.29) is 23.4 Å². The van der Waals surface area contributed by atoms with Crippen LogP contribution >= 0.6 is 0 Å². The molecule has 1 heterocycles. The van der Waals surface area contributed by atoms with Gasteiger partial charge in [0.25, 0.3) is 0 Å². The molecule has 2 saturated carbocycles. The molecule has 2 fully saturated rings. The summed E-state index contributed by atoms with van der Waals surface area (Å²) in [5.74, 6) is 2.67. The predicted molar refractivity (Wildman–Crippen MR) is 131 cm³/mol. The molecule has 1 aromatic heterocycles. The summed E-state index contributed by atoms with van der Waals surface area (Å²) in [6.07, 6.45) is 8.71. The van der Waals surface area contributed by atoms with Crippen molar-refractivity contribution in [2.75, 3.05) is 20.3 Å². The zero-order valence-electron chi connectivity index (χ0n) is 20.4. The number of hydrogen-bond acceptors (Lipinski definition) is 4. The molecule has 0 aliphatic heterocycles. The van der Waals surface area contributed by atoms with Gasteiger partial charge in [-0.1, -0.05) is 26.0 Å². The third-order valence-electron chi connectivity index (χ3n) is 9.89. The fourth-order valence-electron chi connectivity index (χ4n) is 7.70. The summed E-state index contributed by atoms with van der Waals surface area (Å²) in [6.45, 7) is 10.2. The van der Waals surface area contributed by atoms with Gasteiger partial charge < -0.3 is 15.6 Å². The molecule has 3 N–H and O–H groups in total. The summed E-state index contributed by atoms with van der Waals surface area (Å²) in [5.41, 5.74) is 11.7. The quantitative estimate of drug-likeness (QED) is 0.657. The molecular formula is C28H39N3O2. The van der Waals surface area contributed by atoms with Crippen molar-refractivity contribution in [2.24, 2.45) is 40.2 Å². The van der Waals surface area contributed by atoms with Crippen molar-refractivity contribution in [2.45, 2.75) is 52.4 Å². The number of fused-ring (bicyclic) bond motifs is 2. The molecule has 0 amide bonds. The molecule has 5 heteroatoms. The van der Waals surface area contributed by atoms with Crippen LogP contribution in [0.2, 0.25) is 0 Å². The van der Waals surface area contributed by atoms with E-state index in [1.807, 2.05) is 28.9 Å². The summed E-state index contributed by atoms with van der Waals surface area (Å²) < 4.78 is 7.29. The second-order valence-corrected chi connectivity index (χ2v) is 11.2. The van der Waals surface area contributed by atoms with Crippen molar-refractivity contribution in [1.29, 1.82) is 0 Å². The highest BCUT2D eigenvalue weighted by molar-refractivity contribution is 5.39. The fraction of sp³-hybridized carbons (Fsp3) is 0.607. The van der Waals surface area contributed by atoms with Gasteiger partial charge in [-0.3, -0.25) is 0 Å². The first-order valence-electron chi connectivity index (χ1n) is 12.5. The van der Waals surface area contributed by atoms with Crippen molar-refractivity contribution in [3.63, 3.8) is 0 Å². The zero-order chi connectivity index (χ0) is 23.4. The minimum absolute atomic E-state index is 0.0187. The Kier molecular flexibility index (Phi) is 5.69. The van der Waals surface area contributed by atoms with Crippen LogP contribution in [-0.4, -0.2) is 35.1 Å². The molecule has 5 nitrogen and oxygen atoms in total. The Labute approximate surface area is 198 Å². The monoisotopic (exact) mass is 449 g/mol. The highest BCUT2D eigenvalue weighted by Crippen LogP contribution is 2.62. The number of methoxy groups -OCH3 is 1. The van der Waals surface area contributed by atoms with Crippen LogP contribution in [0.4, 0.5) is 0 Å². The van der Waals surface area contributed by atoms with Crippen molar-refractivity contribution in [3.05, 3.63) is 53.9 Å². The minimum Gasteiger partial charge on any atom is -0.497 e. The van der Waals surface area contributed by atoms with E-state index in [1.54, 1.807) is 7.11 Å². The molecule has 3 aliphatic carbocycles. The lowest BCUT2D eigenvalue weighted by Gasteiger charge is -2.55. The summed E-state index contributed by atoms with van der Waals surface area (Å²) >= 11 is 0. The Bertz CT molecular complexity index is 1030. The lowest BCUT2D eigenvalue weighted by molar-refractivity contribution is -0.0536. The molecular weight excluding hydrogens is 410 g/mol. The normalized spacial score (nSPS) is 35.8. The van der Waals surface area contributed by atoms with Crippen LogP contribution in [0, 0.1) is 34.5 Å². The Hall–Kier alpha value is -2.11. The topological polar surface area (TPSA) is 73.3 Å². The number of aliphatic hydroxyl groups excluding tert-OH is 1. The molecule has 0 bridgehead atoms. The standard InChI is InChI=1S/C28H39N3O2/c1-18-5-10-24-23(15-29)25(11-12-27(18,24)2)28(3)14-19-16-31(30-26(19)13-20(28)17-32)21-6-8-22(33-4)9-7-21/h6-9,16,20,23-25,32H,1,5,10-15,17,29H2,2-4H3/t20-,23+,24+,25+,27-,28+/m1/s1. The Balaban J connectivity index is 1.46. The van der Waals surface area contributed by atoms with Crippen LogP contribution in [-0.2, 0) is 12.8 Å². The van der Waals surface area contributed by atoms with E-state index in [2.05, 4.69) is 26.6 Å². The number of ether oxygens (including phenoxy) is 1. The molecule has 6 atom stereocenters. The second-order valence-electron chi connectivity index (χ2n) is 11.2. The van der Waals surface area contributed by atoms with E-state index in [0.29, 0.717) is 17.8 Å². The lowest BCUT2D eigenvalue weighted by atomic mass is 9.49. The van der Waals surface area contributed by atoms with Crippen LogP contribution in [0.3, 0.4) is 0 Å². The summed E-state index contributed by atoms with van der Waals surface area (Å²) in [4.78, 5) is 0. The molecule has 5 rings (SSSR count). The fourth-order valence-corrected chi connectivity index (χ4v) is 7.70. The van der Waals surface area contributed by atoms with Crippen molar-refractivity contribution in [3.8, 4) is 11.4 Å². The molecule has 178 valence electrons. The van der Waals surface area contributed by atoms with Gasteiger partial charge in [-0.25, -0.2) is 4.68 Å². The van der Waals surface area contributed by atoms with Gasteiger partial charge >= 0.3 is 0 Å². The number of aliphatic hydroxyl groups is 1. The maximum Gasteiger partial charge on any atom is 0.119 e.